The lowest BCUT2D eigenvalue weighted by Crippen LogP contribution is -1.95. The Labute approximate surface area is 151 Å². The van der Waals surface area contributed by atoms with Gasteiger partial charge in [-0.2, -0.15) is 14.9 Å². The van der Waals surface area contributed by atoms with Crippen molar-refractivity contribution in [3.05, 3.63) is 57.3 Å². The van der Waals surface area contributed by atoms with Gasteiger partial charge in [0.2, 0.25) is 4.77 Å². The lowest BCUT2D eigenvalue weighted by atomic mass is 10.2. The van der Waals surface area contributed by atoms with Crippen LogP contribution in [-0.2, 0) is 0 Å². The maximum Gasteiger partial charge on any atom is 0.216 e. The van der Waals surface area contributed by atoms with Gasteiger partial charge >= 0.3 is 0 Å². The average molecular weight is 405 g/mol. The SMILES string of the molecule is COc1ccc(-c2n[nH]c(=S)n2/N=C\c2cc(Br)ccc2O)cc1. The van der Waals surface area contributed by atoms with Gasteiger partial charge in [-0.25, -0.2) is 5.10 Å². The van der Waals surface area contributed by atoms with Gasteiger partial charge in [-0.3, -0.25) is 0 Å². The molecule has 24 heavy (non-hydrogen) atoms. The van der Waals surface area contributed by atoms with Gasteiger partial charge in [0.25, 0.3) is 0 Å². The van der Waals surface area contributed by atoms with Crippen molar-refractivity contribution in [2.45, 2.75) is 0 Å². The second-order valence-corrected chi connectivity index (χ2v) is 6.14. The van der Waals surface area contributed by atoms with Crippen molar-refractivity contribution in [3.8, 4) is 22.9 Å². The monoisotopic (exact) mass is 404 g/mol. The number of hydrogen-bond donors (Lipinski definition) is 2. The summed E-state index contributed by atoms with van der Waals surface area (Å²) in [6, 6.07) is 12.5. The largest absolute Gasteiger partial charge is 0.507 e. The Hall–Kier alpha value is -2.45. The molecular weight excluding hydrogens is 392 g/mol. The smallest absolute Gasteiger partial charge is 0.216 e. The molecule has 0 saturated carbocycles. The van der Waals surface area contributed by atoms with Gasteiger partial charge in [0, 0.05) is 15.6 Å². The van der Waals surface area contributed by atoms with Crippen LogP contribution in [0.1, 0.15) is 5.56 Å². The van der Waals surface area contributed by atoms with Crippen LogP contribution in [0.4, 0.5) is 0 Å². The zero-order valence-electron chi connectivity index (χ0n) is 12.6. The molecule has 0 atom stereocenters. The van der Waals surface area contributed by atoms with E-state index in [2.05, 4.69) is 31.2 Å². The molecule has 122 valence electrons. The van der Waals surface area contributed by atoms with E-state index >= 15 is 0 Å². The number of rotatable bonds is 4. The highest BCUT2D eigenvalue weighted by atomic mass is 79.9. The molecule has 0 aliphatic rings. The number of phenols is 1. The van der Waals surface area contributed by atoms with E-state index in [0.717, 1.165) is 15.8 Å². The third-order valence-corrected chi connectivity index (χ3v) is 4.06. The van der Waals surface area contributed by atoms with E-state index in [9.17, 15) is 5.11 Å². The first-order valence-corrected chi connectivity index (χ1v) is 8.13. The second kappa shape index (κ2) is 6.98. The van der Waals surface area contributed by atoms with Crippen LogP contribution in [-0.4, -0.2) is 33.3 Å². The van der Waals surface area contributed by atoms with E-state index in [0.29, 0.717) is 16.2 Å². The number of methoxy groups -OCH3 is 1. The number of nitrogens with zero attached hydrogens (tertiary/aromatic N) is 3. The molecule has 0 saturated heterocycles. The van der Waals surface area contributed by atoms with Crippen molar-refractivity contribution in [2.75, 3.05) is 7.11 Å². The molecule has 1 aromatic heterocycles. The van der Waals surface area contributed by atoms with Crippen LogP contribution in [0.5, 0.6) is 11.5 Å². The number of H-pyrrole nitrogens is 1. The molecule has 8 heteroatoms. The summed E-state index contributed by atoms with van der Waals surface area (Å²) in [7, 11) is 1.61. The van der Waals surface area contributed by atoms with Crippen molar-refractivity contribution < 1.29 is 9.84 Å². The van der Waals surface area contributed by atoms with Crippen LogP contribution in [0.25, 0.3) is 11.4 Å². The highest BCUT2D eigenvalue weighted by Crippen LogP contribution is 2.22. The Bertz CT molecular complexity index is 947. The third kappa shape index (κ3) is 3.39. The molecule has 6 nitrogen and oxygen atoms in total. The summed E-state index contributed by atoms with van der Waals surface area (Å²) in [5.74, 6) is 1.44. The Kier molecular flexibility index (Phi) is 4.77. The molecule has 0 unspecified atom stereocenters. The number of aromatic nitrogens is 3. The molecule has 0 aliphatic heterocycles. The van der Waals surface area contributed by atoms with E-state index in [-0.39, 0.29) is 5.75 Å². The van der Waals surface area contributed by atoms with E-state index in [1.165, 1.54) is 10.9 Å². The first-order valence-electron chi connectivity index (χ1n) is 6.93. The Morgan fingerprint density at radius 3 is 2.75 bits per heavy atom. The van der Waals surface area contributed by atoms with Crippen LogP contribution < -0.4 is 4.74 Å². The minimum absolute atomic E-state index is 0.128. The molecular formula is C16H13BrN4O2S. The zero-order valence-corrected chi connectivity index (χ0v) is 15.0. The van der Waals surface area contributed by atoms with Crippen molar-refractivity contribution in [1.82, 2.24) is 14.9 Å². The van der Waals surface area contributed by atoms with Gasteiger partial charge in [-0.1, -0.05) is 15.9 Å². The lowest BCUT2D eigenvalue weighted by molar-refractivity contribution is 0.415. The summed E-state index contributed by atoms with van der Waals surface area (Å²) >= 11 is 8.59. The van der Waals surface area contributed by atoms with Crippen molar-refractivity contribution >= 4 is 34.4 Å². The first-order chi connectivity index (χ1) is 11.6. The number of aromatic amines is 1. The molecule has 1 heterocycles. The van der Waals surface area contributed by atoms with Crippen LogP contribution in [0.3, 0.4) is 0 Å². The molecule has 2 aromatic carbocycles. The average Bonchev–Trinajstić information content (AvgIpc) is 2.96. The number of hydrogen-bond acceptors (Lipinski definition) is 5. The Morgan fingerprint density at radius 2 is 2.04 bits per heavy atom. The maximum absolute atomic E-state index is 9.89. The molecule has 0 spiro atoms. The van der Waals surface area contributed by atoms with Crippen LogP contribution in [0, 0.1) is 4.77 Å². The molecule has 0 radical (unpaired) electrons. The highest BCUT2D eigenvalue weighted by Gasteiger charge is 2.08. The van der Waals surface area contributed by atoms with Gasteiger partial charge in [0.05, 0.1) is 13.3 Å². The van der Waals surface area contributed by atoms with Crippen LogP contribution >= 0.6 is 28.1 Å². The van der Waals surface area contributed by atoms with Crippen molar-refractivity contribution in [3.63, 3.8) is 0 Å². The molecule has 0 bridgehead atoms. The molecule has 3 rings (SSSR count). The minimum Gasteiger partial charge on any atom is -0.507 e. The fourth-order valence-corrected chi connectivity index (χ4v) is 2.63. The quantitative estimate of drug-likeness (QED) is 0.509. The van der Waals surface area contributed by atoms with E-state index < -0.39 is 0 Å². The van der Waals surface area contributed by atoms with Crippen LogP contribution in [0.2, 0.25) is 0 Å². The number of halogens is 1. The summed E-state index contributed by atoms with van der Waals surface area (Å²) in [5.41, 5.74) is 1.40. The number of nitrogens with one attached hydrogen (secondary N) is 1. The molecule has 2 N–H and O–H groups in total. The first kappa shape index (κ1) is 16.4. The van der Waals surface area contributed by atoms with Gasteiger partial charge in [-0.15, -0.1) is 0 Å². The lowest BCUT2D eigenvalue weighted by Gasteiger charge is -2.03. The van der Waals surface area contributed by atoms with Gasteiger partial charge in [-0.05, 0) is 54.7 Å². The zero-order chi connectivity index (χ0) is 17.1. The molecule has 0 fully saturated rings. The summed E-state index contributed by atoms with van der Waals surface area (Å²) in [4.78, 5) is 0. The second-order valence-electron chi connectivity index (χ2n) is 4.84. The van der Waals surface area contributed by atoms with Gasteiger partial charge < -0.3 is 9.84 Å². The van der Waals surface area contributed by atoms with E-state index in [4.69, 9.17) is 17.0 Å². The van der Waals surface area contributed by atoms with E-state index in [1.807, 2.05) is 24.3 Å². The predicted molar refractivity (Wildman–Crippen MR) is 98.2 cm³/mol. The fraction of sp³-hybridized carbons (Fsp3) is 0.0625. The number of ether oxygens (including phenoxy) is 1. The number of aromatic hydroxyl groups is 1. The normalized spacial score (nSPS) is 11.1. The number of benzene rings is 2. The third-order valence-electron chi connectivity index (χ3n) is 3.30. The summed E-state index contributed by atoms with van der Waals surface area (Å²) in [6.45, 7) is 0. The summed E-state index contributed by atoms with van der Waals surface area (Å²) in [5, 5.41) is 21.2. The standard InChI is InChI=1S/C16H13BrN4O2S/c1-23-13-5-2-10(3-6-13)15-19-20-16(24)21(15)18-9-11-8-12(17)4-7-14(11)22/h2-9,22H,1H3,(H,20,24)/b18-9-. The van der Waals surface area contributed by atoms with Gasteiger partial charge in [0.15, 0.2) is 5.82 Å². The molecule has 0 amide bonds. The molecule has 3 aromatic rings. The fourth-order valence-electron chi connectivity index (χ4n) is 2.07. The predicted octanol–water partition coefficient (Wildman–Crippen LogP) is 3.97. The van der Waals surface area contributed by atoms with Gasteiger partial charge in [0.1, 0.15) is 11.5 Å². The van der Waals surface area contributed by atoms with Crippen molar-refractivity contribution in [2.24, 2.45) is 5.10 Å². The Morgan fingerprint density at radius 1 is 1.29 bits per heavy atom. The summed E-state index contributed by atoms with van der Waals surface area (Å²) < 4.78 is 7.84. The Balaban J connectivity index is 1.99. The van der Waals surface area contributed by atoms with Crippen LogP contribution in [0.15, 0.2) is 52.0 Å². The summed E-state index contributed by atoms with van der Waals surface area (Å²) in [6.07, 6.45) is 1.53. The highest BCUT2D eigenvalue weighted by molar-refractivity contribution is 9.10. The topological polar surface area (TPSA) is 75.4 Å². The minimum atomic E-state index is 0.128. The molecule has 0 aliphatic carbocycles. The van der Waals surface area contributed by atoms with Crippen molar-refractivity contribution in [1.29, 1.82) is 0 Å². The maximum atomic E-state index is 9.89. The van der Waals surface area contributed by atoms with E-state index in [1.54, 1.807) is 25.3 Å². The number of phenolic OH excluding ortho intramolecular Hbond substituents is 1.